The zero-order valence-corrected chi connectivity index (χ0v) is 12.8. The van der Waals surface area contributed by atoms with Gasteiger partial charge in [-0.1, -0.05) is 38.7 Å². The zero-order chi connectivity index (χ0) is 14.0. The fourth-order valence-electron chi connectivity index (χ4n) is 4.48. The standard InChI is InChI=1S/C18H28N2/c1-2-5-14-6-3-11-18(19,12-10-14)16-9-8-15-7-4-13-20-17(15)16/h4,7,13-14,16H,2-3,5-6,8-12,19H2,1H3. The average molecular weight is 272 g/mol. The highest BCUT2D eigenvalue weighted by Crippen LogP contribution is 2.45. The molecule has 1 aromatic heterocycles. The number of fused-ring (bicyclic) bond motifs is 1. The Kier molecular flexibility index (Phi) is 4.11. The molecular formula is C18H28N2. The first-order valence-corrected chi connectivity index (χ1v) is 8.45. The molecule has 2 nitrogen and oxygen atoms in total. The van der Waals surface area contributed by atoms with Crippen molar-refractivity contribution in [1.82, 2.24) is 4.98 Å². The van der Waals surface area contributed by atoms with Crippen LogP contribution in [-0.2, 0) is 6.42 Å². The number of nitrogens with zero attached hydrogens (tertiary/aromatic N) is 1. The topological polar surface area (TPSA) is 38.9 Å². The summed E-state index contributed by atoms with van der Waals surface area (Å²) in [5.74, 6) is 1.41. The van der Waals surface area contributed by atoms with Gasteiger partial charge in [-0.25, -0.2) is 0 Å². The second kappa shape index (κ2) is 5.85. The molecule has 110 valence electrons. The van der Waals surface area contributed by atoms with Gasteiger partial charge in [-0.2, -0.15) is 0 Å². The highest BCUT2D eigenvalue weighted by Gasteiger charge is 2.41. The molecule has 0 bridgehead atoms. The van der Waals surface area contributed by atoms with Crippen LogP contribution in [0.3, 0.4) is 0 Å². The minimum atomic E-state index is 0.00208. The number of pyridine rings is 1. The van der Waals surface area contributed by atoms with Crippen LogP contribution in [0.25, 0.3) is 0 Å². The summed E-state index contributed by atoms with van der Waals surface area (Å²) in [6.07, 6.45) is 13.4. The molecule has 0 saturated heterocycles. The van der Waals surface area contributed by atoms with Gasteiger partial charge in [0.1, 0.15) is 0 Å². The van der Waals surface area contributed by atoms with Crippen LogP contribution in [0, 0.1) is 5.92 Å². The molecule has 2 heteroatoms. The minimum Gasteiger partial charge on any atom is -0.324 e. The van der Waals surface area contributed by atoms with Crippen molar-refractivity contribution < 1.29 is 0 Å². The first kappa shape index (κ1) is 14.1. The summed E-state index contributed by atoms with van der Waals surface area (Å²) in [5, 5.41) is 0. The Bertz CT molecular complexity index is 456. The predicted molar refractivity (Wildman–Crippen MR) is 83.7 cm³/mol. The number of hydrogen-bond acceptors (Lipinski definition) is 2. The van der Waals surface area contributed by atoms with Crippen molar-refractivity contribution in [1.29, 1.82) is 0 Å². The van der Waals surface area contributed by atoms with E-state index in [0.29, 0.717) is 5.92 Å². The number of rotatable bonds is 3. The molecule has 2 aliphatic rings. The minimum absolute atomic E-state index is 0.00208. The van der Waals surface area contributed by atoms with Crippen molar-refractivity contribution in [2.75, 3.05) is 0 Å². The molecule has 3 atom stereocenters. The molecule has 0 spiro atoms. The fraction of sp³-hybridized carbons (Fsp3) is 0.722. The third-order valence-corrected chi connectivity index (χ3v) is 5.62. The Morgan fingerprint density at radius 1 is 1.30 bits per heavy atom. The maximum absolute atomic E-state index is 6.90. The third kappa shape index (κ3) is 2.63. The van der Waals surface area contributed by atoms with E-state index in [9.17, 15) is 0 Å². The Hall–Kier alpha value is -0.890. The first-order chi connectivity index (χ1) is 9.73. The van der Waals surface area contributed by atoms with Gasteiger partial charge in [0.2, 0.25) is 0 Å². The lowest BCUT2D eigenvalue weighted by molar-refractivity contribution is 0.291. The van der Waals surface area contributed by atoms with Crippen LogP contribution >= 0.6 is 0 Å². The molecule has 0 amide bonds. The summed E-state index contributed by atoms with van der Waals surface area (Å²) in [6.45, 7) is 2.30. The summed E-state index contributed by atoms with van der Waals surface area (Å²) < 4.78 is 0. The number of nitrogens with two attached hydrogens (primary N) is 1. The average Bonchev–Trinajstić information content (AvgIpc) is 2.81. The Labute approximate surface area is 123 Å². The molecule has 2 N–H and O–H groups in total. The van der Waals surface area contributed by atoms with Gasteiger partial charge in [-0.15, -0.1) is 0 Å². The monoisotopic (exact) mass is 272 g/mol. The van der Waals surface area contributed by atoms with Crippen LogP contribution in [0.1, 0.15) is 75.5 Å². The maximum Gasteiger partial charge on any atom is 0.0484 e. The van der Waals surface area contributed by atoms with Crippen LogP contribution < -0.4 is 5.73 Å². The molecule has 0 aliphatic heterocycles. The largest absolute Gasteiger partial charge is 0.324 e. The Morgan fingerprint density at radius 2 is 2.20 bits per heavy atom. The van der Waals surface area contributed by atoms with Crippen molar-refractivity contribution >= 4 is 0 Å². The van der Waals surface area contributed by atoms with Gasteiger partial charge in [0, 0.05) is 23.3 Å². The smallest absolute Gasteiger partial charge is 0.0484 e. The second-order valence-corrected chi connectivity index (χ2v) is 6.96. The summed E-state index contributed by atoms with van der Waals surface area (Å²) in [6, 6.07) is 4.30. The van der Waals surface area contributed by atoms with E-state index < -0.39 is 0 Å². The fourth-order valence-corrected chi connectivity index (χ4v) is 4.48. The summed E-state index contributed by atoms with van der Waals surface area (Å²) in [5.41, 5.74) is 9.65. The zero-order valence-electron chi connectivity index (χ0n) is 12.8. The van der Waals surface area contributed by atoms with Crippen LogP contribution in [0.4, 0.5) is 0 Å². The van der Waals surface area contributed by atoms with Gasteiger partial charge in [0.25, 0.3) is 0 Å². The highest BCUT2D eigenvalue weighted by atomic mass is 14.8. The third-order valence-electron chi connectivity index (χ3n) is 5.62. The van der Waals surface area contributed by atoms with Crippen molar-refractivity contribution in [2.45, 2.75) is 76.2 Å². The molecule has 1 fully saturated rings. The van der Waals surface area contributed by atoms with Crippen molar-refractivity contribution in [3.05, 3.63) is 29.6 Å². The Balaban J connectivity index is 1.76. The number of aromatic nitrogens is 1. The molecule has 0 radical (unpaired) electrons. The van der Waals surface area contributed by atoms with Crippen molar-refractivity contribution in [3.8, 4) is 0 Å². The van der Waals surface area contributed by atoms with E-state index >= 15 is 0 Å². The summed E-state index contributed by atoms with van der Waals surface area (Å²) in [4.78, 5) is 4.67. The van der Waals surface area contributed by atoms with Crippen molar-refractivity contribution in [3.63, 3.8) is 0 Å². The SMILES string of the molecule is CCCC1CCCC(N)(C2CCc3cccnc32)CC1. The number of hydrogen-bond donors (Lipinski definition) is 1. The van der Waals surface area contributed by atoms with E-state index in [1.165, 1.54) is 69.0 Å². The molecule has 1 aromatic rings. The van der Waals surface area contributed by atoms with Gasteiger partial charge in [0.05, 0.1) is 0 Å². The lowest BCUT2D eigenvalue weighted by atomic mass is 9.77. The van der Waals surface area contributed by atoms with E-state index in [4.69, 9.17) is 5.73 Å². The molecule has 2 aliphatic carbocycles. The lowest BCUT2D eigenvalue weighted by Crippen LogP contribution is -2.45. The van der Waals surface area contributed by atoms with E-state index in [1.54, 1.807) is 0 Å². The molecule has 3 unspecified atom stereocenters. The summed E-state index contributed by atoms with van der Waals surface area (Å²) >= 11 is 0. The molecule has 0 aromatic carbocycles. The molecule has 3 rings (SSSR count). The van der Waals surface area contributed by atoms with Crippen LogP contribution in [0.2, 0.25) is 0 Å². The van der Waals surface area contributed by atoms with E-state index in [-0.39, 0.29) is 5.54 Å². The van der Waals surface area contributed by atoms with Crippen molar-refractivity contribution in [2.24, 2.45) is 11.7 Å². The van der Waals surface area contributed by atoms with E-state index in [0.717, 1.165) is 5.92 Å². The van der Waals surface area contributed by atoms with Crippen LogP contribution in [-0.4, -0.2) is 10.5 Å². The Morgan fingerprint density at radius 3 is 3.05 bits per heavy atom. The van der Waals surface area contributed by atoms with E-state index in [2.05, 4.69) is 24.0 Å². The predicted octanol–water partition coefficient (Wildman–Crippen LogP) is 4.19. The second-order valence-electron chi connectivity index (χ2n) is 6.96. The van der Waals surface area contributed by atoms with Gasteiger partial charge >= 0.3 is 0 Å². The normalized spacial score (nSPS) is 33.7. The summed E-state index contributed by atoms with van der Waals surface area (Å²) in [7, 11) is 0. The van der Waals surface area contributed by atoms with Crippen LogP contribution in [0.5, 0.6) is 0 Å². The molecule has 1 heterocycles. The molecule has 20 heavy (non-hydrogen) atoms. The van der Waals surface area contributed by atoms with Gasteiger partial charge < -0.3 is 5.73 Å². The lowest BCUT2D eigenvalue weighted by Gasteiger charge is -2.35. The van der Waals surface area contributed by atoms with Gasteiger partial charge in [-0.05, 0) is 49.7 Å². The van der Waals surface area contributed by atoms with Gasteiger partial charge in [-0.3, -0.25) is 4.98 Å². The molecular weight excluding hydrogens is 244 g/mol. The van der Waals surface area contributed by atoms with Gasteiger partial charge in [0.15, 0.2) is 0 Å². The highest BCUT2D eigenvalue weighted by molar-refractivity contribution is 5.32. The number of aryl methyl sites for hydroxylation is 1. The maximum atomic E-state index is 6.90. The quantitative estimate of drug-likeness (QED) is 0.838. The molecule has 1 saturated carbocycles. The first-order valence-electron chi connectivity index (χ1n) is 8.45. The van der Waals surface area contributed by atoms with E-state index in [1.807, 2.05) is 6.20 Å². The van der Waals surface area contributed by atoms with Crippen LogP contribution in [0.15, 0.2) is 18.3 Å².